The van der Waals surface area contributed by atoms with Crippen LogP contribution in [-0.4, -0.2) is 74.5 Å². The molecule has 1 aromatic rings. The molecule has 0 aromatic heterocycles. The molecule has 1 heterocycles. The third-order valence-electron chi connectivity index (χ3n) is 4.66. The Morgan fingerprint density at radius 2 is 1.93 bits per heavy atom. The molecule has 0 radical (unpaired) electrons. The van der Waals surface area contributed by atoms with Gasteiger partial charge < -0.3 is 20.3 Å². The maximum atomic E-state index is 12.3. The van der Waals surface area contributed by atoms with Gasteiger partial charge in [0.05, 0.1) is 25.9 Å². The van der Waals surface area contributed by atoms with Crippen LogP contribution in [0.15, 0.2) is 18.2 Å². The van der Waals surface area contributed by atoms with Gasteiger partial charge in [0.2, 0.25) is 11.8 Å². The third-order valence-corrected chi connectivity index (χ3v) is 4.90. The first-order valence-corrected chi connectivity index (χ1v) is 9.62. The number of halogens is 1. The van der Waals surface area contributed by atoms with Crippen molar-refractivity contribution in [2.24, 2.45) is 0 Å². The van der Waals surface area contributed by atoms with E-state index in [2.05, 4.69) is 22.5 Å². The van der Waals surface area contributed by atoms with Gasteiger partial charge in [0.25, 0.3) is 0 Å². The van der Waals surface area contributed by atoms with Crippen molar-refractivity contribution in [2.45, 2.75) is 25.8 Å². The molecule has 2 amide bonds. The predicted octanol–water partition coefficient (Wildman–Crippen LogP) is 1.82. The van der Waals surface area contributed by atoms with Crippen molar-refractivity contribution in [3.05, 3.63) is 23.2 Å². The van der Waals surface area contributed by atoms with Crippen LogP contribution in [0, 0.1) is 0 Å². The molecule has 7 nitrogen and oxygen atoms in total. The van der Waals surface area contributed by atoms with E-state index in [0.717, 1.165) is 32.5 Å². The number of carbonyl (C=O) groups excluding carboxylic acids is 2. The molecule has 1 aliphatic heterocycles. The average Bonchev–Trinajstić information content (AvgIpc) is 2.62. The summed E-state index contributed by atoms with van der Waals surface area (Å²) in [5.74, 6) is 0.245. The van der Waals surface area contributed by atoms with Crippen LogP contribution in [-0.2, 0) is 9.59 Å². The van der Waals surface area contributed by atoms with Crippen molar-refractivity contribution < 1.29 is 14.3 Å². The summed E-state index contributed by atoms with van der Waals surface area (Å²) in [6.07, 6.45) is 1.94. The van der Waals surface area contributed by atoms with Crippen LogP contribution >= 0.6 is 11.6 Å². The largest absolute Gasteiger partial charge is 0.495 e. The molecule has 27 heavy (non-hydrogen) atoms. The predicted molar refractivity (Wildman–Crippen MR) is 107 cm³/mol. The summed E-state index contributed by atoms with van der Waals surface area (Å²) < 4.78 is 5.22. The minimum absolute atomic E-state index is 0.0550. The highest BCUT2D eigenvalue weighted by Crippen LogP contribution is 2.27. The number of hydrogen-bond donors (Lipinski definition) is 2. The van der Waals surface area contributed by atoms with Crippen molar-refractivity contribution in [3.63, 3.8) is 0 Å². The van der Waals surface area contributed by atoms with Crippen molar-refractivity contribution in [2.75, 3.05) is 52.2 Å². The molecule has 2 N–H and O–H groups in total. The van der Waals surface area contributed by atoms with E-state index in [1.807, 2.05) is 0 Å². The molecule has 0 atom stereocenters. The van der Waals surface area contributed by atoms with E-state index in [4.69, 9.17) is 16.3 Å². The quantitative estimate of drug-likeness (QED) is 0.701. The van der Waals surface area contributed by atoms with Gasteiger partial charge in [-0.3, -0.25) is 14.5 Å². The number of anilines is 1. The number of carbonyl (C=O) groups is 2. The molecule has 150 valence electrons. The fourth-order valence-electron chi connectivity index (χ4n) is 3.18. The maximum absolute atomic E-state index is 12.3. The molecule has 1 saturated heterocycles. The second kappa shape index (κ2) is 10.5. The van der Waals surface area contributed by atoms with E-state index in [-0.39, 0.29) is 30.9 Å². The number of piperidine rings is 1. The number of hydrogen-bond acceptors (Lipinski definition) is 5. The van der Waals surface area contributed by atoms with E-state index in [0.29, 0.717) is 16.5 Å². The number of ether oxygens (including phenoxy) is 1. The topological polar surface area (TPSA) is 73.9 Å². The van der Waals surface area contributed by atoms with E-state index in [1.54, 1.807) is 30.1 Å². The molecule has 0 bridgehead atoms. The van der Waals surface area contributed by atoms with Crippen LogP contribution in [0.3, 0.4) is 0 Å². The second-order valence-corrected chi connectivity index (χ2v) is 7.28. The Bertz CT molecular complexity index is 648. The van der Waals surface area contributed by atoms with E-state index >= 15 is 0 Å². The van der Waals surface area contributed by atoms with Gasteiger partial charge in [0.1, 0.15) is 5.75 Å². The van der Waals surface area contributed by atoms with Crippen molar-refractivity contribution in [1.29, 1.82) is 0 Å². The highest BCUT2D eigenvalue weighted by molar-refractivity contribution is 6.31. The number of methoxy groups -OCH3 is 1. The number of likely N-dealkylation sites (tertiary alicyclic amines) is 1. The molecule has 1 fully saturated rings. The van der Waals surface area contributed by atoms with Gasteiger partial charge in [-0.25, -0.2) is 0 Å². The monoisotopic (exact) mass is 396 g/mol. The summed E-state index contributed by atoms with van der Waals surface area (Å²) in [6.45, 7) is 5.50. The fourth-order valence-corrected chi connectivity index (χ4v) is 3.35. The summed E-state index contributed by atoms with van der Waals surface area (Å²) in [7, 11) is 3.27. The van der Waals surface area contributed by atoms with Crippen LogP contribution in [0.1, 0.15) is 19.8 Å². The lowest BCUT2D eigenvalue weighted by Gasteiger charge is -2.31. The number of likely N-dealkylation sites (N-methyl/N-ethyl adjacent to an activating group) is 1. The lowest BCUT2D eigenvalue weighted by Crippen LogP contribution is -2.47. The number of nitrogens with zero attached hydrogens (tertiary/aromatic N) is 2. The Morgan fingerprint density at radius 1 is 1.26 bits per heavy atom. The van der Waals surface area contributed by atoms with Crippen molar-refractivity contribution >= 4 is 29.1 Å². The number of rotatable bonds is 8. The van der Waals surface area contributed by atoms with Crippen molar-refractivity contribution in [3.8, 4) is 5.75 Å². The van der Waals surface area contributed by atoms with E-state index in [9.17, 15) is 9.59 Å². The fraction of sp³-hybridized carbons (Fsp3) is 0.579. The lowest BCUT2D eigenvalue weighted by molar-refractivity contribution is -0.123. The molecular formula is C19H29ClN4O3. The molecular weight excluding hydrogens is 368 g/mol. The molecule has 0 spiro atoms. The minimum atomic E-state index is -0.234. The van der Waals surface area contributed by atoms with Crippen LogP contribution in [0.5, 0.6) is 5.75 Å². The molecule has 0 aliphatic carbocycles. The summed E-state index contributed by atoms with van der Waals surface area (Å²) in [4.78, 5) is 28.5. The zero-order valence-corrected chi connectivity index (χ0v) is 17.0. The van der Waals surface area contributed by atoms with Crippen LogP contribution < -0.4 is 15.4 Å². The normalized spacial score (nSPS) is 15.6. The van der Waals surface area contributed by atoms with Gasteiger partial charge in [-0.1, -0.05) is 18.5 Å². The van der Waals surface area contributed by atoms with Gasteiger partial charge in [-0.05, 0) is 44.6 Å². The number of amides is 2. The molecule has 0 unspecified atom stereocenters. The van der Waals surface area contributed by atoms with Gasteiger partial charge in [-0.15, -0.1) is 0 Å². The Balaban J connectivity index is 1.76. The summed E-state index contributed by atoms with van der Waals surface area (Å²) in [5, 5.41) is 6.35. The first-order chi connectivity index (χ1) is 12.9. The number of nitrogens with one attached hydrogen (secondary N) is 2. The summed E-state index contributed by atoms with van der Waals surface area (Å²) in [6, 6.07) is 5.24. The molecule has 1 aromatic carbocycles. The first-order valence-electron chi connectivity index (χ1n) is 9.25. The smallest absolute Gasteiger partial charge is 0.238 e. The molecule has 8 heteroatoms. The molecule has 0 saturated carbocycles. The third kappa shape index (κ3) is 7.01. The minimum Gasteiger partial charge on any atom is -0.495 e. The number of benzene rings is 1. The summed E-state index contributed by atoms with van der Waals surface area (Å²) in [5.41, 5.74) is 0.510. The zero-order chi connectivity index (χ0) is 19.8. The molecule has 1 aliphatic rings. The summed E-state index contributed by atoms with van der Waals surface area (Å²) >= 11 is 5.97. The Morgan fingerprint density at radius 3 is 2.56 bits per heavy atom. The Hall–Kier alpha value is -1.83. The first kappa shape index (κ1) is 21.5. The standard InChI is InChI=1S/C19H29ClN4O3/c1-4-24-9-7-15(8-10-24)21-18(25)12-23(2)13-19(26)22-16-11-14(20)5-6-17(16)27-3/h5-6,11,15H,4,7-10,12-13H2,1-3H3,(H,21,25)(H,22,26). The van der Waals surface area contributed by atoms with Gasteiger partial charge >= 0.3 is 0 Å². The second-order valence-electron chi connectivity index (χ2n) is 6.84. The lowest BCUT2D eigenvalue weighted by atomic mass is 10.1. The van der Waals surface area contributed by atoms with E-state index in [1.165, 1.54) is 7.11 Å². The SMILES string of the molecule is CCN1CCC(NC(=O)CN(C)CC(=O)Nc2cc(Cl)ccc2OC)CC1. The van der Waals surface area contributed by atoms with Gasteiger partial charge in [0.15, 0.2) is 0 Å². The highest BCUT2D eigenvalue weighted by atomic mass is 35.5. The zero-order valence-electron chi connectivity index (χ0n) is 16.3. The van der Waals surface area contributed by atoms with Crippen LogP contribution in [0.25, 0.3) is 0 Å². The van der Waals surface area contributed by atoms with Crippen molar-refractivity contribution in [1.82, 2.24) is 15.1 Å². The van der Waals surface area contributed by atoms with E-state index < -0.39 is 0 Å². The maximum Gasteiger partial charge on any atom is 0.238 e. The average molecular weight is 397 g/mol. The Kier molecular flexibility index (Phi) is 8.34. The van der Waals surface area contributed by atoms with Gasteiger partial charge in [-0.2, -0.15) is 0 Å². The Labute approximate surface area is 166 Å². The van der Waals surface area contributed by atoms with Crippen LogP contribution in [0.4, 0.5) is 5.69 Å². The molecule has 2 rings (SSSR count). The van der Waals surface area contributed by atoms with Gasteiger partial charge in [0, 0.05) is 24.2 Å². The highest BCUT2D eigenvalue weighted by Gasteiger charge is 2.20. The van der Waals surface area contributed by atoms with Crippen LogP contribution in [0.2, 0.25) is 5.02 Å².